The second kappa shape index (κ2) is 8.60. The van der Waals surface area contributed by atoms with Gasteiger partial charge in [-0.2, -0.15) is 0 Å². The van der Waals surface area contributed by atoms with Gasteiger partial charge in [0, 0.05) is 31.4 Å². The van der Waals surface area contributed by atoms with E-state index in [4.69, 9.17) is 9.47 Å². The molecule has 1 aliphatic rings. The maximum atomic E-state index is 14.0. The van der Waals surface area contributed by atoms with Gasteiger partial charge >= 0.3 is 6.03 Å². The molecule has 1 aliphatic heterocycles. The van der Waals surface area contributed by atoms with E-state index >= 15 is 0 Å². The number of halogens is 1. The number of fused-ring (bicyclic) bond motifs is 1. The molecule has 1 N–H and O–H groups in total. The first-order valence-corrected chi connectivity index (χ1v) is 9.28. The second-order valence-electron chi connectivity index (χ2n) is 6.59. The third-order valence-corrected chi connectivity index (χ3v) is 4.58. The number of carbonyl (C=O) groups is 1. The number of para-hydroxylation sites is 1. The summed E-state index contributed by atoms with van der Waals surface area (Å²) in [5.74, 6) is 0.861. The number of benzene rings is 2. The number of aromatic nitrogens is 1. The molecule has 0 spiro atoms. The first-order chi connectivity index (χ1) is 14.2. The predicted octanol–water partition coefficient (Wildman–Crippen LogP) is 4.23. The smallest absolute Gasteiger partial charge is 0.322 e. The van der Waals surface area contributed by atoms with Gasteiger partial charge in [-0.05, 0) is 42.0 Å². The number of anilines is 1. The van der Waals surface area contributed by atoms with Gasteiger partial charge in [-0.1, -0.05) is 24.3 Å². The zero-order valence-electron chi connectivity index (χ0n) is 15.7. The van der Waals surface area contributed by atoms with E-state index in [9.17, 15) is 9.18 Å². The average molecular weight is 393 g/mol. The summed E-state index contributed by atoms with van der Waals surface area (Å²) in [5, 5.41) is 2.65. The second-order valence-corrected chi connectivity index (χ2v) is 6.59. The summed E-state index contributed by atoms with van der Waals surface area (Å²) in [6.07, 6.45) is 2.30. The lowest BCUT2D eigenvalue weighted by Gasteiger charge is -2.23. The van der Waals surface area contributed by atoms with Crippen molar-refractivity contribution in [3.63, 3.8) is 0 Å². The monoisotopic (exact) mass is 393 g/mol. The van der Waals surface area contributed by atoms with Gasteiger partial charge in [0.25, 0.3) is 0 Å². The van der Waals surface area contributed by atoms with Crippen LogP contribution >= 0.6 is 0 Å². The molecule has 2 aromatic carbocycles. The summed E-state index contributed by atoms with van der Waals surface area (Å²) in [6, 6.07) is 16.9. The molecule has 0 fully saturated rings. The van der Waals surface area contributed by atoms with Crippen molar-refractivity contribution in [3.05, 3.63) is 83.9 Å². The Bertz CT molecular complexity index is 998. The van der Waals surface area contributed by atoms with Gasteiger partial charge in [0.05, 0.1) is 5.69 Å². The molecular weight excluding hydrogens is 373 g/mol. The minimum atomic E-state index is -0.478. The van der Waals surface area contributed by atoms with Crippen LogP contribution in [0.5, 0.6) is 11.5 Å². The van der Waals surface area contributed by atoms with Crippen molar-refractivity contribution >= 4 is 11.7 Å². The third kappa shape index (κ3) is 4.63. The maximum absolute atomic E-state index is 14.0. The van der Waals surface area contributed by atoms with E-state index in [1.165, 1.54) is 12.1 Å². The van der Waals surface area contributed by atoms with Crippen molar-refractivity contribution < 1.29 is 18.7 Å². The van der Waals surface area contributed by atoms with Crippen molar-refractivity contribution in [1.82, 2.24) is 9.88 Å². The fraction of sp³-hybridized carbons (Fsp3) is 0.182. The van der Waals surface area contributed by atoms with E-state index in [0.717, 1.165) is 11.3 Å². The Morgan fingerprint density at radius 1 is 1.07 bits per heavy atom. The van der Waals surface area contributed by atoms with Gasteiger partial charge in [-0.3, -0.25) is 4.98 Å². The Balaban J connectivity index is 1.51. The predicted molar refractivity (Wildman–Crippen MR) is 106 cm³/mol. The molecule has 0 unspecified atom stereocenters. The van der Waals surface area contributed by atoms with Crippen LogP contribution in [0, 0.1) is 5.82 Å². The Morgan fingerprint density at radius 3 is 2.72 bits per heavy atom. The van der Waals surface area contributed by atoms with Crippen LogP contribution in [-0.2, 0) is 13.0 Å². The summed E-state index contributed by atoms with van der Waals surface area (Å²) in [4.78, 5) is 18.8. The number of hydrogen-bond donors (Lipinski definition) is 1. The summed E-state index contributed by atoms with van der Waals surface area (Å²) in [7, 11) is 0. The first-order valence-electron chi connectivity index (χ1n) is 9.28. The highest BCUT2D eigenvalue weighted by Crippen LogP contribution is 2.32. The summed E-state index contributed by atoms with van der Waals surface area (Å²) >= 11 is 0. The highest BCUT2D eigenvalue weighted by molar-refractivity contribution is 5.89. The van der Waals surface area contributed by atoms with E-state index in [1.54, 1.807) is 23.2 Å². The molecule has 0 saturated heterocycles. The molecule has 3 aromatic rings. The molecule has 0 saturated carbocycles. The van der Waals surface area contributed by atoms with Crippen molar-refractivity contribution in [3.8, 4) is 11.5 Å². The van der Waals surface area contributed by atoms with Gasteiger partial charge in [0.2, 0.25) is 6.79 Å². The summed E-state index contributed by atoms with van der Waals surface area (Å²) < 4.78 is 24.7. The number of urea groups is 1. The van der Waals surface area contributed by atoms with Crippen molar-refractivity contribution in [2.24, 2.45) is 0 Å². The van der Waals surface area contributed by atoms with Gasteiger partial charge in [-0.25, -0.2) is 9.18 Å². The molecule has 148 valence electrons. The number of nitrogens with zero attached hydrogens (tertiary/aromatic N) is 2. The molecule has 4 rings (SSSR count). The Morgan fingerprint density at radius 2 is 1.90 bits per heavy atom. The standard InChI is InChI=1S/C22H20FN3O3/c23-18-6-1-2-7-19(18)25-22(27)26(12-10-17-5-3-4-11-24-17)14-16-8-9-20-21(13-16)29-15-28-20/h1-9,11,13H,10,12,14-15H2,(H,25,27). The Hall–Kier alpha value is -3.61. The third-order valence-electron chi connectivity index (χ3n) is 4.58. The molecular formula is C22H20FN3O3. The molecule has 2 amide bonds. The SMILES string of the molecule is O=C(Nc1ccccc1F)N(CCc1ccccn1)Cc1ccc2c(c1)OCO2. The number of rotatable bonds is 6. The van der Waals surface area contributed by atoms with Crippen LogP contribution in [0.15, 0.2) is 66.9 Å². The molecule has 0 radical (unpaired) electrons. The van der Waals surface area contributed by atoms with E-state index < -0.39 is 5.82 Å². The highest BCUT2D eigenvalue weighted by atomic mass is 19.1. The van der Waals surface area contributed by atoms with Gasteiger partial charge in [0.1, 0.15) is 5.82 Å². The molecule has 0 aliphatic carbocycles. The van der Waals surface area contributed by atoms with E-state index in [-0.39, 0.29) is 18.5 Å². The van der Waals surface area contributed by atoms with Gasteiger partial charge in [-0.15, -0.1) is 0 Å². The Kier molecular flexibility index (Phi) is 5.56. The molecule has 2 heterocycles. The maximum Gasteiger partial charge on any atom is 0.322 e. The quantitative estimate of drug-likeness (QED) is 0.681. The van der Waals surface area contributed by atoms with Gasteiger partial charge in [0.15, 0.2) is 11.5 Å². The van der Waals surface area contributed by atoms with Crippen LogP contribution in [0.3, 0.4) is 0 Å². The van der Waals surface area contributed by atoms with Crippen molar-refractivity contribution in [1.29, 1.82) is 0 Å². The Labute approximate surface area is 167 Å². The number of hydrogen-bond acceptors (Lipinski definition) is 4. The molecule has 6 nitrogen and oxygen atoms in total. The number of pyridine rings is 1. The lowest BCUT2D eigenvalue weighted by atomic mass is 10.1. The zero-order chi connectivity index (χ0) is 20.1. The number of ether oxygens (including phenoxy) is 2. The van der Waals surface area contributed by atoms with E-state index in [1.807, 2.05) is 36.4 Å². The van der Waals surface area contributed by atoms with Crippen LogP contribution < -0.4 is 14.8 Å². The average Bonchev–Trinajstić information content (AvgIpc) is 3.21. The number of nitrogens with one attached hydrogen (secondary N) is 1. The van der Waals surface area contributed by atoms with Crippen molar-refractivity contribution in [2.45, 2.75) is 13.0 Å². The lowest BCUT2D eigenvalue weighted by molar-refractivity contribution is 0.174. The molecule has 29 heavy (non-hydrogen) atoms. The first kappa shape index (κ1) is 18.7. The largest absolute Gasteiger partial charge is 0.454 e. The lowest BCUT2D eigenvalue weighted by Crippen LogP contribution is -2.36. The van der Waals surface area contributed by atoms with Crippen LogP contribution in [-0.4, -0.2) is 29.3 Å². The van der Waals surface area contributed by atoms with Crippen LogP contribution in [0.2, 0.25) is 0 Å². The molecule has 0 bridgehead atoms. The minimum absolute atomic E-state index is 0.144. The van der Waals surface area contributed by atoms with Crippen LogP contribution in [0.1, 0.15) is 11.3 Å². The molecule has 1 aromatic heterocycles. The number of amides is 2. The fourth-order valence-electron chi connectivity index (χ4n) is 3.06. The number of carbonyl (C=O) groups excluding carboxylic acids is 1. The highest BCUT2D eigenvalue weighted by Gasteiger charge is 2.19. The van der Waals surface area contributed by atoms with E-state index in [0.29, 0.717) is 31.0 Å². The van der Waals surface area contributed by atoms with Crippen LogP contribution in [0.25, 0.3) is 0 Å². The zero-order valence-corrected chi connectivity index (χ0v) is 15.7. The minimum Gasteiger partial charge on any atom is -0.454 e. The normalized spacial score (nSPS) is 11.9. The summed E-state index contributed by atoms with van der Waals surface area (Å²) in [5.41, 5.74) is 1.91. The molecule has 0 atom stereocenters. The topological polar surface area (TPSA) is 63.7 Å². The van der Waals surface area contributed by atoms with Crippen molar-refractivity contribution in [2.75, 3.05) is 18.7 Å². The molecule has 7 heteroatoms. The van der Waals surface area contributed by atoms with Gasteiger partial charge < -0.3 is 19.7 Å². The summed E-state index contributed by atoms with van der Waals surface area (Å²) in [6.45, 7) is 0.950. The van der Waals surface area contributed by atoms with E-state index in [2.05, 4.69) is 10.3 Å². The van der Waals surface area contributed by atoms with Crippen LogP contribution in [0.4, 0.5) is 14.9 Å². The fourth-order valence-corrected chi connectivity index (χ4v) is 3.06.